The minimum absolute atomic E-state index is 0.0493. The smallest absolute Gasteiger partial charge is 0.231 e. The van der Waals surface area contributed by atoms with Gasteiger partial charge in [-0.3, -0.25) is 4.79 Å². The first kappa shape index (κ1) is 13.0. The lowest BCUT2D eigenvalue weighted by Crippen LogP contribution is -2.32. The molecular formula is C13H18ClNO. The third-order valence-electron chi connectivity index (χ3n) is 2.57. The van der Waals surface area contributed by atoms with Crippen molar-refractivity contribution in [2.45, 2.75) is 27.2 Å². The Morgan fingerprint density at radius 1 is 1.31 bits per heavy atom. The summed E-state index contributed by atoms with van der Waals surface area (Å²) in [5.74, 6) is 0.262. The Hall–Kier alpha value is -1.02. The lowest BCUT2D eigenvalue weighted by molar-refractivity contribution is -0.122. The number of amides is 1. The third kappa shape index (κ3) is 3.24. The topological polar surface area (TPSA) is 29.1 Å². The summed E-state index contributed by atoms with van der Waals surface area (Å²) in [6, 6.07) is 7.87. The third-order valence-corrected chi connectivity index (χ3v) is 3.24. The largest absolute Gasteiger partial charge is 0.326 e. The molecule has 0 spiro atoms. The van der Waals surface area contributed by atoms with Crippen molar-refractivity contribution < 1.29 is 4.79 Å². The van der Waals surface area contributed by atoms with Gasteiger partial charge in [-0.25, -0.2) is 0 Å². The summed E-state index contributed by atoms with van der Waals surface area (Å²) in [4.78, 5) is 11.8. The molecule has 16 heavy (non-hydrogen) atoms. The van der Waals surface area contributed by atoms with Gasteiger partial charge >= 0.3 is 0 Å². The fourth-order valence-corrected chi connectivity index (χ4v) is 1.31. The highest BCUT2D eigenvalue weighted by atomic mass is 35.5. The van der Waals surface area contributed by atoms with Crippen LogP contribution in [-0.2, 0) is 11.2 Å². The minimum atomic E-state index is -0.537. The fraction of sp³-hybridized carbons (Fsp3) is 0.462. The lowest BCUT2D eigenvalue weighted by atomic mass is 9.95. The standard InChI is InChI=1S/C13H18ClNO/c1-4-10-5-7-11(8-6-10)15-12(16)13(2,3)9-14/h5-8H,4,9H2,1-3H3,(H,15,16). The van der Waals surface area contributed by atoms with E-state index >= 15 is 0 Å². The zero-order chi connectivity index (χ0) is 12.2. The van der Waals surface area contributed by atoms with E-state index in [4.69, 9.17) is 11.6 Å². The average molecular weight is 240 g/mol. The second kappa shape index (κ2) is 5.35. The van der Waals surface area contributed by atoms with E-state index in [2.05, 4.69) is 12.2 Å². The van der Waals surface area contributed by atoms with Crippen molar-refractivity contribution in [2.24, 2.45) is 5.41 Å². The molecule has 0 heterocycles. The molecule has 1 amide bonds. The number of benzene rings is 1. The zero-order valence-electron chi connectivity index (χ0n) is 10.0. The van der Waals surface area contributed by atoms with Gasteiger partial charge in [-0.1, -0.05) is 19.1 Å². The van der Waals surface area contributed by atoms with Crippen LogP contribution in [-0.4, -0.2) is 11.8 Å². The van der Waals surface area contributed by atoms with Crippen LogP contribution in [0.2, 0.25) is 0 Å². The number of aryl methyl sites for hydroxylation is 1. The van der Waals surface area contributed by atoms with Crippen molar-refractivity contribution >= 4 is 23.2 Å². The van der Waals surface area contributed by atoms with Gasteiger partial charge in [0.2, 0.25) is 5.91 Å². The first-order valence-corrected chi connectivity index (χ1v) is 5.99. The number of anilines is 1. The number of nitrogens with one attached hydrogen (secondary N) is 1. The number of carbonyl (C=O) groups is 1. The monoisotopic (exact) mass is 239 g/mol. The molecule has 88 valence electrons. The van der Waals surface area contributed by atoms with Gasteiger partial charge < -0.3 is 5.32 Å². The van der Waals surface area contributed by atoms with E-state index in [-0.39, 0.29) is 5.91 Å². The van der Waals surface area contributed by atoms with Crippen molar-refractivity contribution in [3.05, 3.63) is 29.8 Å². The van der Waals surface area contributed by atoms with Gasteiger partial charge in [0, 0.05) is 11.6 Å². The summed E-state index contributed by atoms with van der Waals surface area (Å²) in [5.41, 5.74) is 1.54. The van der Waals surface area contributed by atoms with Crippen molar-refractivity contribution in [1.29, 1.82) is 0 Å². The van der Waals surface area contributed by atoms with Gasteiger partial charge in [-0.15, -0.1) is 11.6 Å². The van der Waals surface area contributed by atoms with Crippen LogP contribution in [0.5, 0.6) is 0 Å². The van der Waals surface area contributed by atoms with Gasteiger partial charge in [0.15, 0.2) is 0 Å². The van der Waals surface area contributed by atoms with Crippen LogP contribution in [0.4, 0.5) is 5.69 Å². The summed E-state index contributed by atoms with van der Waals surface area (Å²) < 4.78 is 0. The summed E-state index contributed by atoms with van der Waals surface area (Å²) >= 11 is 5.74. The second-order valence-corrected chi connectivity index (χ2v) is 4.79. The number of carbonyl (C=O) groups excluding carboxylic acids is 1. The first-order chi connectivity index (χ1) is 7.49. The molecule has 1 aromatic carbocycles. The Balaban J connectivity index is 2.70. The van der Waals surface area contributed by atoms with Crippen molar-refractivity contribution in [1.82, 2.24) is 0 Å². The van der Waals surface area contributed by atoms with Crippen LogP contribution in [0.1, 0.15) is 26.3 Å². The summed E-state index contributed by atoms with van der Waals surface area (Å²) in [6.07, 6.45) is 1.00. The van der Waals surface area contributed by atoms with Gasteiger partial charge in [-0.05, 0) is 38.0 Å². The highest BCUT2D eigenvalue weighted by Crippen LogP contribution is 2.20. The highest BCUT2D eigenvalue weighted by molar-refractivity contribution is 6.20. The van der Waals surface area contributed by atoms with Crippen LogP contribution in [0, 0.1) is 5.41 Å². The van der Waals surface area contributed by atoms with Gasteiger partial charge in [0.25, 0.3) is 0 Å². The summed E-state index contributed by atoms with van der Waals surface area (Å²) in [7, 11) is 0. The van der Waals surface area contributed by atoms with E-state index < -0.39 is 5.41 Å². The van der Waals surface area contributed by atoms with Crippen molar-refractivity contribution in [2.75, 3.05) is 11.2 Å². The van der Waals surface area contributed by atoms with Gasteiger partial charge in [0.1, 0.15) is 0 Å². The maximum absolute atomic E-state index is 11.8. The molecule has 0 saturated heterocycles. The predicted molar refractivity (Wildman–Crippen MR) is 69.0 cm³/mol. The number of rotatable bonds is 4. The minimum Gasteiger partial charge on any atom is -0.326 e. The fourth-order valence-electron chi connectivity index (χ4n) is 1.18. The first-order valence-electron chi connectivity index (χ1n) is 5.46. The number of alkyl halides is 1. The highest BCUT2D eigenvalue weighted by Gasteiger charge is 2.26. The maximum atomic E-state index is 11.8. The molecule has 1 rings (SSSR count). The van der Waals surface area contributed by atoms with Gasteiger partial charge in [0.05, 0.1) is 5.41 Å². The quantitative estimate of drug-likeness (QED) is 0.802. The molecule has 0 bridgehead atoms. The molecule has 1 N–H and O–H groups in total. The Labute approximate surface area is 102 Å². The summed E-state index contributed by atoms with van der Waals surface area (Å²) in [5, 5.41) is 2.86. The Morgan fingerprint density at radius 3 is 2.31 bits per heavy atom. The molecule has 0 aliphatic rings. The summed E-state index contributed by atoms with van der Waals surface area (Å²) in [6.45, 7) is 5.76. The molecule has 0 saturated carbocycles. The SMILES string of the molecule is CCc1ccc(NC(=O)C(C)(C)CCl)cc1. The van der Waals surface area contributed by atoms with E-state index in [1.54, 1.807) is 0 Å². The average Bonchev–Trinajstić information content (AvgIpc) is 2.30. The molecule has 0 unspecified atom stereocenters. The molecular weight excluding hydrogens is 222 g/mol. The predicted octanol–water partition coefficient (Wildman–Crippen LogP) is 3.45. The van der Waals surface area contributed by atoms with Crippen molar-refractivity contribution in [3.63, 3.8) is 0 Å². The lowest BCUT2D eigenvalue weighted by Gasteiger charge is -2.20. The molecule has 3 heteroatoms. The van der Waals surface area contributed by atoms with E-state index in [9.17, 15) is 4.79 Å². The maximum Gasteiger partial charge on any atom is 0.231 e. The number of hydrogen-bond donors (Lipinski definition) is 1. The van der Waals surface area contributed by atoms with Crippen LogP contribution in [0.3, 0.4) is 0 Å². The van der Waals surface area contributed by atoms with E-state index in [0.717, 1.165) is 12.1 Å². The van der Waals surface area contributed by atoms with Crippen LogP contribution < -0.4 is 5.32 Å². The van der Waals surface area contributed by atoms with E-state index in [1.807, 2.05) is 38.1 Å². The molecule has 2 nitrogen and oxygen atoms in total. The number of hydrogen-bond acceptors (Lipinski definition) is 1. The molecule has 0 atom stereocenters. The Morgan fingerprint density at radius 2 is 1.88 bits per heavy atom. The number of halogens is 1. The van der Waals surface area contributed by atoms with Gasteiger partial charge in [-0.2, -0.15) is 0 Å². The molecule has 0 aliphatic carbocycles. The molecule has 0 aromatic heterocycles. The zero-order valence-corrected chi connectivity index (χ0v) is 10.8. The van der Waals surface area contributed by atoms with Crippen LogP contribution in [0.15, 0.2) is 24.3 Å². The molecule has 1 aromatic rings. The van der Waals surface area contributed by atoms with Crippen LogP contribution in [0.25, 0.3) is 0 Å². The van der Waals surface area contributed by atoms with Crippen LogP contribution >= 0.6 is 11.6 Å². The Kier molecular flexibility index (Phi) is 4.36. The van der Waals surface area contributed by atoms with E-state index in [0.29, 0.717) is 5.88 Å². The normalized spacial score (nSPS) is 11.2. The molecule has 0 fully saturated rings. The Bertz CT molecular complexity index is 357. The molecule has 0 aliphatic heterocycles. The second-order valence-electron chi connectivity index (χ2n) is 4.52. The van der Waals surface area contributed by atoms with E-state index in [1.165, 1.54) is 5.56 Å². The van der Waals surface area contributed by atoms with Crippen molar-refractivity contribution in [3.8, 4) is 0 Å². The molecule has 0 radical (unpaired) electrons.